The van der Waals surface area contributed by atoms with E-state index in [1.165, 1.54) is 0 Å². The number of benzene rings is 8. The third-order valence-corrected chi connectivity index (χ3v) is 10.1. The standard InChI is InChI=1S/C51H34N4O/c1-5-15-35(16-6-1)36-25-27-39(28-26-36)50-52-49(38-17-7-2-8-18-38)53-51(54-50)45-33-40(34-47-48(45)44-23-13-14-24-46(44)56-47)37-29-31-43(32-30-37)55(41-19-9-3-10-20-41)42-21-11-4-12-22-42/h1-34H. The van der Waals surface area contributed by atoms with Gasteiger partial charge in [0, 0.05) is 44.5 Å². The minimum Gasteiger partial charge on any atom is -0.456 e. The maximum Gasteiger partial charge on any atom is 0.164 e. The summed E-state index contributed by atoms with van der Waals surface area (Å²) in [6, 6.07) is 71.0. The Labute approximate surface area is 324 Å². The van der Waals surface area contributed by atoms with Gasteiger partial charge in [-0.2, -0.15) is 0 Å². The fourth-order valence-electron chi connectivity index (χ4n) is 7.39. The molecule has 0 atom stereocenters. The summed E-state index contributed by atoms with van der Waals surface area (Å²) < 4.78 is 6.56. The molecule has 0 aliphatic heterocycles. The molecule has 10 aromatic rings. The highest BCUT2D eigenvalue weighted by Crippen LogP contribution is 2.41. The van der Waals surface area contributed by atoms with Gasteiger partial charge in [0.1, 0.15) is 11.2 Å². The van der Waals surface area contributed by atoms with Crippen molar-refractivity contribution in [3.63, 3.8) is 0 Å². The van der Waals surface area contributed by atoms with E-state index >= 15 is 0 Å². The lowest BCUT2D eigenvalue weighted by atomic mass is 9.97. The third-order valence-electron chi connectivity index (χ3n) is 10.1. The summed E-state index contributed by atoms with van der Waals surface area (Å²) in [6.45, 7) is 0. The van der Waals surface area contributed by atoms with E-state index in [4.69, 9.17) is 19.4 Å². The van der Waals surface area contributed by atoms with Crippen molar-refractivity contribution in [2.75, 3.05) is 4.90 Å². The molecule has 0 bridgehead atoms. The van der Waals surface area contributed by atoms with E-state index in [1.54, 1.807) is 0 Å². The van der Waals surface area contributed by atoms with Gasteiger partial charge in [0.05, 0.1) is 0 Å². The van der Waals surface area contributed by atoms with Gasteiger partial charge >= 0.3 is 0 Å². The highest BCUT2D eigenvalue weighted by molar-refractivity contribution is 6.13. The van der Waals surface area contributed by atoms with Gasteiger partial charge in [-0.15, -0.1) is 0 Å². The number of nitrogens with zero attached hydrogens (tertiary/aromatic N) is 4. The van der Waals surface area contributed by atoms with E-state index < -0.39 is 0 Å². The summed E-state index contributed by atoms with van der Waals surface area (Å²) >= 11 is 0. The van der Waals surface area contributed by atoms with Gasteiger partial charge in [-0.3, -0.25) is 0 Å². The van der Waals surface area contributed by atoms with E-state index in [2.05, 4.69) is 144 Å². The number of rotatable bonds is 8. The Balaban J connectivity index is 1.13. The van der Waals surface area contributed by atoms with Gasteiger partial charge in [0.15, 0.2) is 17.5 Å². The Morgan fingerprint density at radius 1 is 0.321 bits per heavy atom. The normalized spacial score (nSPS) is 11.2. The first kappa shape index (κ1) is 33.0. The molecule has 10 rings (SSSR count). The van der Waals surface area contributed by atoms with E-state index in [-0.39, 0.29) is 0 Å². The molecule has 2 aromatic heterocycles. The fraction of sp³-hybridized carbons (Fsp3) is 0. The van der Waals surface area contributed by atoms with Gasteiger partial charge in [-0.25, -0.2) is 15.0 Å². The quantitative estimate of drug-likeness (QED) is 0.157. The molecule has 0 N–H and O–H groups in total. The second-order valence-electron chi connectivity index (χ2n) is 13.7. The molecule has 0 aliphatic rings. The molecule has 2 heterocycles. The van der Waals surface area contributed by atoms with Crippen LogP contribution in [-0.2, 0) is 0 Å². The predicted molar refractivity (Wildman–Crippen MR) is 229 cm³/mol. The number of para-hydroxylation sites is 3. The molecule has 0 spiro atoms. The fourth-order valence-corrected chi connectivity index (χ4v) is 7.39. The number of fused-ring (bicyclic) bond motifs is 3. The number of aromatic nitrogens is 3. The molecule has 8 aromatic carbocycles. The second-order valence-corrected chi connectivity index (χ2v) is 13.7. The van der Waals surface area contributed by atoms with E-state index in [9.17, 15) is 0 Å². The zero-order valence-corrected chi connectivity index (χ0v) is 30.3. The summed E-state index contributed by atoms with van der Waals surface area (Å²) in [6.07, 6.45) is 0. The average molecular weight is 719 g/mol. The largest absolute Gasteiger partial charge is 0.456 e. The average Bonchev–Trinajstić information content (AvgIpc) is 3.66. The molecule has 0 unspecified atom stereocenters. The predicted octanol–water partition coefficient (Wildman–Crippen LogP) is 13.6. The van der Waals surface area contributed by atoms with Crippen LogP contribution in [0.1, 0.15) is 0 Å². The molecule has 0 amide bonds. The van der Waals surface area contributed by atoms with E-state index in [1.807, 2.05) is 66.7 Å². The lowest BCUT2D eigenvalue weighted by Crippen LogP contribution is -2.09. The summed E-state index contributed by atoms with van der Waals surface area (Å²) in [4.78, 5) is 17.7. The van der Waals surface area contributed by atoms with Crippen LogP contribution < -0.4 is 4.90 Å². The van der Waals surface area contributed by atoms with Gasteiger partial charge in [0.2, 0.25) is 0 Å². The van der Waals surface area contributed by atoms with Gasteiger partial charge < -0.3 is 9.32 Å². The number of anilines is 3. The molecule has 0 radical (unpaired) electrons. The molecule has 0 fully saturated rings. The van der Waals surface area contributed by atoms with Crippen molar-refractivity contribution in [1.29, 1.82) is 0 Å². The van der Waals surface area contributed by atoms with Crippen molar-refractivity contribution >= 4 is 39.0 Å². The first-order valence-corrected chi connectivity index (χ1v) is 18.7. The van der Waals surface area contributed by atoms with E-state index in [0.29, 0.717) is 17.5 Å². The van der Waals surface area contributed by atoms with Crippen molar-refractivity contribution in [3.05, 3.63) is 206 Å². The summed E-state index contributed by atoms with van der Waals surface area (Å²) in [5.41, 5.74) is 11.9. The van der Waals surface area contributed by atoms with Gasteiger partial charge in [-0.1, -0.05) is 152 Å². The number of hydrogen-bond acceptors (Lipinski definition) is 5. The van der Waals surface area contributed by atoms with Crippen molar-refractivity contribution in [2.24, 2.45) is 0 Å². The zero-order chi connectivity index (χ0) is 37.3. The van der Waals surface area contributed by atoms with Gasteiger partial charge in [0.25, 0.3) is 0 Å². The number of hydrogen-bond donors (Lipinski definition) is 0. The third kappa shape index (κ3) is 6.27. The number of furan rings is 1. The molecule has 0 saturated carbocycles. The van der Waals surface area contributed by atoms with Crippen molar-refractivity contribution < 1.29 is 4.42 Å². The van der Waals surface area contributed by atoms with Crippen LogP contribution in [0.15, 0.2) is 211 Å². The van der Waals surface area contributed by atoms with Crippen LogP contribution in [0.25, 0.3) is 78.4 Å². The molecular weight excluding hydrogens is 685 g/mol. The molecule has 5 nitrogen and oxygen atoms in total. The molecule has 0 aliphatic carbocycles. The first-order valence-electron chi connectivity index (χ1n) is 18.7. The molecular formula is C51H34N4O. The van der Waals surface area contributed by atoms with Crippen molar-refractivity contribution in [2.45, 2.75) is 0 Å². The monoisotopic (exact) mass is 718 g/mol. The lowest BCUT2D eigenvalue weighted by Gasteiger charge is -2.25. The van der Waals surface area contributed by atoms with Crippen LogP contribution >= 0.6 is 0 Å². The van der Waals surface area contributed by atoms with E-state index in [0.717, 1.165) is 77.9 Å². The lowest BCUT2D eigenvalue weighted by molar-refractivity contribution is 0.669. The topological polar surface area (TPSA) is 55.1 Å². The minimum atomic E-state index is 0.579. The summed E-state index contributed by atoms with van der Waals surface area (Å²) in [7, 11) is 0. The smallest absolute Gasteiger partial charge is 0.164 e. The van der Waals surface area contributed by atoms with Crippen LogP contribution in [0.3, 0.4) is 0 Å². The summed E-state index contributed by atoms with van der Waals surface area (Å²) in [5.74, 6) is 1.79. The second kappa shape index (κ2) is 14.3. The molecule has 0 saturated heterocycles. The van der Waals surface area contributed by atoms with Crippen LogP contribution in [0.4, 0.5) is 17.1 Å². The highest BCUT2D eigenvalue weighted by Gasteiger charge is 2.20. The Hall–Kier alpha value is -7.63. The Morgan fingerprint density at radius 2 is 0.750 bits per heavy atom. The van der Waals surface area contributed by atoms with Gasteiger partial charge in [-0.05, 0) is 76.9 Å². The van der Waals surface area contributed by atoms with Crippen LogP contribution in [0, 0.1) is 0 Å². The first-order chi connectivity index (χ1) is 27.7. The molecule has 264 valence electrons. The maximum atomic E-state index is 6.56. The van der Waals surface area contributed by atoms with Crippen molar-refractivity contribution in [3.8, 4) is 56.4 Å². The Morgan fingerprint density at radius 3 is 1.38 bits per heavy atom. The Kier molecular flexibility index (Phi) is 8.43. The summed E-state index contributed by atoms with van der Waals surface area (Å²) in [5, 5.41) is 1.98. The molecule has 56 heavy (non-hydrogen) atoms. The molecule has 5 heteroatoms. The maximum absolute atomic E-state index is 6.56. The van der Waals surface area contributed by atoms with Crippen LogP contribution in [0.2, 0.25) is 0 Å². The van der Waals surface area contributed by atoms with Crippen molar-refractivity contribution in [1.82, 2.24) is 15.0 Å². The van der Waals surface area contributed by atoms with Crippen LogP contribution in [0.5, 0.6) is 0 Å². The SMILES string of the molecule is c1ccc(-c2ccc(-c3nc(-c4ccccc4)nc(-c4cc(-c5ccc(N(c6ccccc6)c6ccccc6)cc5)cc5oc6ccccc6c45)n3)cc2)cc1. The Bertz CT molecular complexity index is 2890. The highest BCUT2D eigenvalue weighted by atomic mass is 16.3. The zero-order valence-electron chi connectivity index (χ0n) is 30.3. The minimum absolute atomic E-state index is 0.579. The van der Waals surface area contributed by atoms with Crippen LogP contribution in [-0.4, -0.2) is 15.0 Å².